The molecule has 1 heterocycles. The molecule has 1 rings (SSSR count). The fourth-order valence-electron chi connectivity index (χ4n) is 0.499. The van der Waals surface area contributed by atoms with Crippen molar-refractivity contribution in [2.24, 2.45) is 0 Å². The predicted molar refractivity (Wildman–Crippen MR) is 29.8 cm³/mol. The Labute approximate surface area is 50.9 Å². The molecular formula is C6H5FO2. The predicted octanol–water partition coefficient (Wildman–Crippen LogP) is 1.11. The van der Waals surface area contributed by atoms with E-state index in [2.05, 4.69) is 4.42 Å². The molecule has 9 heavy (non-hydrogen) atoms. The van der Waals surface area contributed by atoms with Gasteiger partial charge in [0.15, 0.2) is 5.43 Å². The van der Waals surface area contributed by atoms with E-state index in [1.165, 1.54) is 12.3 Å². The molecule has 0 fully saturated rings. The number of hydrogen-bond donors (Lipinski definition) is 0. The molecule has 0 saturated carbocycles. The van der Waals surface area contributed by atoms with Crippen molar-refractivity contribution >= 4 is 0 Å². The number of hydrogen-bond acceptors (Lipinski definition) is 2. The van der Waals surface area contributed by atoms with Crippen molar-refractivity contribution in [3.8, 4) is 0 Å². The van der Waals surface area contributed by atoms with Gasteiger partial charge in [0.2, 0.25) is 0 Å². The largest absolute Gasteiger partial charge is 0.466 e. The van der Waals surface area contributed by atoms with Crippen molar-refractivity contribution in [3.05, 3.63) is 34.4 Å². The minimum absolute atomic E-state index is 0.0718. The van der Waals surface area contributed by atoms with Crippen molar-refractivity contribution in [3.63, 3.8) is 0 Å². The molecule has 1 aromatic rings. The average molecular weight is 128 g/mol. The maximum Gasteiger partial charge on any atom is 0.185 e. The molecule has 0 spiro atoms. The monoisotopic (exact) mass is 128 g/mol. The SMILES string of the molecule is O=c1ccoc(CF)c1. The highest BCUT2D eigenvalue weighted by Crippen LogP contribution is 1.94. The topological polar surface area (TPSA) is 30.2 Å². The van der Waals surface area contributed by atoms with Crippen molar-refractivity contribution in [2.75, 3.05) is 0 Å². The summed E-state index contributed by atoms with van der Waals surface area (Å²) in [5.41, 5.74) is -0.228. The number of alkyl halides is 1. The van der Waals surface area contributed by atoms with Crippen LogP contribution in [0.25, 0.3) is 0 Å². The maximum absolute atomic E-state index is 11.7. The van der Waals surface area contributed by atoms with Gasteiger partial charge in [-0.3, -0.25) is 4.79 Å². The van der Waals surface area contributed by atoms with Crippen molar-refractivity contribution in [1.82, 2.24) is 0 Å². The second-order valence-electron chi connectivity index (χ2n) is 1.57. The van der Waals surface area contributed by atoms with E-state index in [1.54, 1.807) is 0 Å². The zero-order valence-corrected chi connectivity index (χ0v) is 4.63. The lowest BCUT2D eigenvalue weighted by Gasteiger charge is -1.87. The number of rotatable bonds is 1. The van der Waals surface area contributed by atoms with E-state index in [1.807, 2.05) is 0 Å². The summed E-state index contributed by atoms with van der Waals surface area (Å²) in [7, 11) is 0. The smallest absolute Gasteiger partial charge is 0.185 e. The van der Waals surface area contributed by atoms with Gasteiger partial charge in [-0.25, -0.2) is 4.39 Å². The first-order valence-electron chi connectivity index (χ1n) is 2.46. The molecule has 2 nitrogen and oxygen atoms in total. The zero-order chi connectivity index (χ0) is 6.69. The second-order valence-corrected chi connectivity index (χ2v) is 1.57. The Morgan fingerprint density at radius 3 is 2.89 bits per heavy atom. The van der Waals surface area contributed by atoms with Gasteiger partial charge in [0.05, 0.1) is 6.26 Å². The Bertz CT molecular complexity index is 241. The van der Waals surface area contributed by atoms with E-state index < -0.39 is 6.67 Å². The average Bonchev–Trinajstić information content (AvgIpc) is 1.88. The van der Waals surface area contributed by atoms with Crippen LogP contribution in [-0.2, 0) is 6.67 Å². The van der Waals surface area contributed by atoms with Crippen LogP contribution in [0.5, 0.6) is 0 Å². The van der Waals surface area contributed by atoms with Crippen LogP contribution < -0.4 is 5.43 Å². The van der Waals surface area contributed by atoms with Crippen LogP contribution in [-0.4, -0.2) is 0 Å². The van der Waals surface area contributed by atoms with Gasteiger partial charge in [-0.2, -0.15) is 0 Å². The van der Waals surface area contributed by atoms with E-state index in [0.29, 0.717) is 0 Å². The molecule has 3 heteroatoms. The standard InChI is InChI=1S/C6H5FO2/c7-4-6-3-5(8)1-2-9-6/h1-3H,4H2. The van der Waals surface area contributed by atoms with Crippen LogP contribution in [0.2, 0.25) is 0 Å². The van der Waals surface area contributed by atoms with Gasteiger partial charge in [0.25, 0.3) is 0 Å². The lowest BCUT2D eigenvalue weighted by atomic mass is 10.4. The van der Waals surface area contributed by atoms with Gasteiger partial charge in [-0.05, 0) is 0 Å². The minimum Gasteiger partial charge on any atom is -0.466 e. The fourth-order valence-corrected chi connectivity index (χ4v) is 0.499. The minimum atomic E-state index is -0.726. The fraction of sp³-hybridized carbons (Fsp3) is 0.167. The molecule has 48 valence electrons. The molecule has 0 radical (unpaired) electrons. The van der Waals surface area contributed by atoms with Gasteiger partial charge >= 0.3 is 0 Å². The Kier molecular flexibility index (Phi) is 1.63. The van der Waals surface area contributed by atoms with Gasteiger partial charge in [-0.15, -0.1) is 0 Å². The molecule has 0 bridgehead atoms. The molecule has 0 unspecified atom stereocenters. The third-order valence-electron chi connectivity index (χ3n) is 0.887. The van der Waals surface area contributed by atoms with E-state index in [-0.39, 0.29) is 11.2 Å². The first-order chi connectivity index (χ1) is 4.33. The van der Waals surface area contributed by atoms with Crippen LogP contribution >= 0.6 is 0 Å². The van der Waals surface area contributed by atoms with E-state index in [0.717, 1.165) is 6.07 Å². The van der Waals surface area contributed by atoms with Gasteiger partial charge in [0.1, 0.15) is 12.4 Å². The molecule has 1 aromatic heterocycles. The summed E-state index contributed by atoms with van der Waals surface area (Å²) in [6, 6.07) is 2.36. The summed E-state index contributed by atoms with van der Waals surface area (Å²) >= 11 is 0. The summed E-state index contributed by atoms with van der Waals surface area (Å²) in [5.74, 6) is 0.0718. The van der Waals surface area contributed by atoms with E-state index in [4.69, 9.17) is 0 Å². The third-order valence-corrected chi connectivity index (χ3v) is 0.887. The second kappa shape index (κ2) is 2.44. The Morgan fingerprint density at radius 2 is 2.44 bits per heavy atom. The summed E-state index contributed by atoms with van der Waals surface area (Å²) in [6.07, 6.45) is 1.18. The molecule has 0 N–H and O–H groups in total. The van der Waals surface area contributed by atoms with Crippen LogP contribution in [0.4, 0.5) is 4.39 Å². The van der Waals surface area contributed by atoms with Crippen LogP contribution in [0.1, 0.15) is 5.76 Å². The molecule has 0 aliphatic heterocycles. The van der Waals surface area contributed by atoms with Crippen LogP contribution in [0, 0.1) is 0 Å². The summed E-state index contributed by atoms with van der Waals surface area (Å²) in [6.45, 7) is -0.726. The summed E-state index contributed by atoms with van der Waals surface area (Å²) < 4.78 is 16.3. The molecule has 0 aliphatic rings. The molecule has 0 aromatic carbocycles. The Morgan fingerprint density at radius 1 is 1.67 bits per heavy atom. The normalized spacial score (nSPS) is 9.44. The highest BCUT2D eigenvalue weighted by molar-refractivity contribution is 4.97. The maximum atomic E-state index is 11.7. The van der Waals surface area contributed by atoms with Gasteiger partial charge < -0.3 is 4.42 Å². The van der Waals surface area contributed by atoms with Crippen molar-refractivity contribution < 1.29 is 8.81 Å². The molecule has 0 amide bonds. The number of halogens is 1. The first kappa shape index (κ1) is 6.01. The third kappa shape index (κ3) is 1.38. The quantitative estimate of drug-likeness (QED) is 0.567. The lowest BCUT2D eigenvalue weighted by Crippen LogP contribution is -1.95. The molecular weight excluding hydrogens is 123 g/mol. The van der Waals surface area contributed by atoms with Gasteiger partial charge in [-0.1, -0.05) is 0 Å². The summed E-state index contributed by atoms with van der Waals surface area (Å²) in [5, 5.41) is 0. The first-order valence-corrected chi connectivity index (χ1v) is 2.46. The van der Waals surface area contributed by atoms with Gasteiger partial charge in [0, 0.05) is 12.1 Å². The Hall–Kier alpha value is -1.12. The van der Waals surface area contributed by atoms with Crippen LogP contribution in [0.15, 0.2) is 27.6 Å². The molecule has 0 atom stereocenters. The van der Waals surface area contributed by atoms with E-state index >= 15 is 0 Å². The summed E-state index contributed by atoms with van der Waals surface area (Å²) in [4.78, 5) is 10.4. The highest BCUT2D eigenvalue weighted by Gasteiger charge is 1.91. The van der Waals surface area contributed by atoms with Crippen molar-refractivity contribution in [2.45, 2.75) is 6.67 Å². The molecule has 0 saturated heterocycles. The van der Waals surface area contributed by atoms with Crippen LogP contribution in [0.3, 0.4) is 0 Å². The van der Waals surface area contributed by atoms with E-state index in [9.17, 15) is 9.18 Å². The lowest BCUT2D eigenvalue weighted by molar-refractivity contribution is 0.383. The highest BCUT2D eigenvalue weighted by atomic mass is 19.1. The zero-order valence-electron chi connectivity index (χ0n) is 4.63. The Balaban J connectivity index is 3.08. The van der Waals surface area contributed by atoms with Crippen molar-refractivity contribution in [1.29, 1.82) is 0 Å². The molecule has 0 aliphatic carbocycles.